The normalized spacial score (nSPS) is 11.0. The number of hydrogen-bond donors (Lipinski definition) is 2. The van der Waals surface area contributed by atoms with E-state index in [9.17, 15) is 18.0 Å². The lowest BCUT2D eigenvalue weighted by molar-refractivity contribution is 0.0597. The van der Waals surface area contributed by atoms with Crippen molar-refractivity contribution in [1.29, 1.82) is 0 Å². The van der Waals surface area contributed by atoms with Gasteiger partial charge in [0.1, 0.15) is 4.90 Å². The Balaban J connectivity index is 2.19. The Kier molecular flexibility index (Phi) is 5.14. The fourth-order valence-corrected chi connectivity index (χ4v) is 4.10. The highest BCUT2D eigenvalue weighted by Crippen LogP contribution is 2.21. The molecule has 0 aliphatic rings. The fourth-order valence-electron chi connectivity index (χ4n) is 1.84. The number of rotatable bonds is 4. The molecule has 0 aliphatic heterocycles. The third kappa shape index (κ3) is 4.06. The molecule has 0 aliphatic carbocycles. The van der Waals surface area contributed by atoms with Crippen LogP contribution in [-0.4, -0.2) is 37.5 Å². The second-order valence-electron chi connectivity index (χ2n) is 4.68. The molecule has 0 bridgehead atoms. The van der Waals surface area contributed by atoms with Crippen LogP contribution in [0.4, 0.5) is 10.7 Å². The van der Waals surface area contributed by atoms with Gasteiger partial charge in [-0.1, -0.05) is 0 Å². The summed E-state index contributed by atoms with van der Waals surface area (Å²) < 4.78 is 30.8. The summed E-state index contributed by atoms with van der Waals surface area (Å²) in [4.78, 5) is 31.1. The number of sulfonamides is 1. The molecule has 128 valence electrons. The summed E-state index contributed by atoms with van der Waals surface area (Å²) in [5.74, 6) is -0.839. The van der Waals surface area contributed by atoms with Crippen LogP contribution in [0.5, 0.6) is 0 Å². The van der Waals surface area contributed by atoms with Crippen molar-refractivity contribution in [3.05, 3.63) is 33.8 Å². The molecule has 0 unspecified atom stereocenters. The molecule has 0 radical (unpaired) electrons. The first-order valence-electron chi connectivity index (χ1n) is 6.53. The van der Waals surface area contributed by atoms with Crippen LogP contribution >= 0.6 is 11.3 Å². The number of nitrogens with one attached hydrogen (secondary N) is 2. The first-order chi connectivity index (χ1) is 11.2. The van der Waals surface area contributed by atoms with E-state index in [4.69, 9.17) is 0 Å². The highest BCUT2D eigenvalue weighted by Gasteiger charge is 2.26. The van der Waals surface area contributed by atoms with Crippen LogP contribution in [0.1, 0.15) is 21.7 Å². The van der Waals surface area contributed by atoms with Gasteiger partial charge in [-0.3, -0.25) is 5.32 Å². The molecule has 0 saturated carbocycles. The number of carbonyl (C=O) groups is 2. The van der Waals surface area contributed by atoms with Crippen molar-refractivity contribution in [2.75, 3.05) is 12.4 Å². The van der Waals surface area contributed by atoms with E-state index >= 15 is 0 Å². The van der Waals surface area contributed by atoms with Crippen molar-refractivity contribution < 1.29 is 22.7 Å². The average molecular weight is 370 g/mol. The Morgan fingerprint density at radius 3 is 2.38 bits per heavy atom. The number of thiophene rings is 1. The topological polar surface area (TPSA) is 127 Å². The monoisotopic (exact) mass is 370 g/mol. The number of urea groups is 1. The van der Waals surface area contributed by atoms with Gasteiger partial charge in [0, 0.05) is 22.1 Å². The van der Waals surface area contributed by atoms with Crippen molar-refractivity contribution in [3.63, 3.8) is 0 Å². The maximum atomic E-state index is 12.3. The molecule has 0 fully saturated rings. The lowest BCUT2D eigenvalue weighted by atomic mass is 10.3. The van der Waals surface area contributed by atoms with Gasteiger partial charge in [-0.15, -0.1) is 0 Å². The number of nitrogens with zero attached hydrogens (tertiary/aromatic N) is 2. The van der Waals surface area contributed by atoms with Gasteiger partial charge in [-0.05, 0) is 19.9 Å². The van der Waals surface area contributed by atoms with Gasteiger partial charge in [0.2, 0.25) is 5.95 Å². The minimum absolute atomic E-state index is 0.0290. The Bertz CT molecular complexity index is 871. The molecule has 2 N–H and O–H groups in total. The Morgan fingerprint density at radius 2 is 1.79 bits per heavy atom. The minimum atomic E-state index is -4.25. The van der Waals surface area contributed by atoms with E-state index < -0.39 is 22.0 Å². The van der Waals surface area contributed by atoms with E-state index in [1.807, 2.05) is 0 Å². The molecule has 0 saturated heterocycles. The zero-order valence-electron chi connectivity index (χ0n) is 13.0. The molecule has 9 nitrogen and oxygen atoms in total. The highest BCUT2D eigenvalue weighted by molar-refractivity contribution is 7.90. The fraction of sp³-hybridized carbons (Fsp3) is 0.231. The predicted molar refractivity (Wildman–Crippen MR) is 86.5 cm³/mol. The van der Waals surface area contributed by atoms with Gasteiger partial charge >= 0.3 is 12.0 Å². The number of ether oxygens (including phenoxy) is 1. The molecule has 0 spiro atoms. The summed E-state index contributed by atoms with van der Waals surface area (Å²) in [7, 11) is -3.12. The largest absolute Gasteiger partial charge is 0.465 e. The molecule has 2 heterocycles. The Labute approximate surface area is 142 Å². The molecule has 0 aromatic carbocycles. The zero-order valence-corrected chi connectivity index (χ0v) is 14.6. The van der Waals surface area contributed by atoms with Crippen LogP contribution in [0.25, 0.3) is 0 Å². The van der Waals surface area contributed by atoms with Gasteiger partial charge in [-0.25, -0.2) is 32.7 Å². The van der Waals surface area contributed by atoms with Crippen LogP contribution in [0.3, 0.4) is 0 Å². The number of hydrogen-bond acceptors (Lipinski definition) is 8. The quantitative estimate of drug-likeness (QED) is 0.780. The van der Waals surface area contributed by atoms with Crippen LogP contribution in [0.15, 0.2) is 21.7 Å². The SMILES string of the molecule is COC(=O)c1cscc1S(=O)(=O)NC(=O)Nc1nc(C)cc(C)n1. The molecular formula is C13H14N4O5S2. The summed E-state index contributed by atoms with van der Waals surface area (Å²) in [6, 6.07) is 0.662. The summed E-state index contributed by atoms with van der Waals surface area (Å²) in [6.07, 6.45) is 0. The highest BCUT2D eigenvalue weighted by atomic mass is 32.2. The Morgan fingerprint density at radius 1 is 1.17 bits per heavy atom. The van der Waals surface area contributed by atoms with E-state index in [2.05, 4.69) is 20.0 Å². The number of aromatic nitrogens is 2. The summed E-state index contributed by atoms with van der Waals surface area (Å²) in [5.41, 5.74) is 1.09. The average Bonchev–Trinajstić information content (AvgIpc) is 2.94. The lowest BCUT2D eigenvalue weighted by Gasteiger charge is -2.08. The van der Waals surface area contributed by atoms with Crippen LogP contribution in [-0.2, 0) is 14.8 Å². The molecule has 24 heavy (non-hydrogen) atoms. The second kappa shape index (κ2) is 6.93. The molecule has 2 amide bonds. The van der Waals surface area contributed by atoms with Crippen molar-refractivity contribution in [2.45, 2.75) is 18.7 Å². The molecule has 0 atom stereocenters. The maximum absolute atomic E-state index is 12.3. The number of anilines is 1. The molecular weight excluding hydrogens is 356 g/mol. The third-order valence-corrected chi connectivity index (χ3v) is 5.02. The smallest absolute Gasteiger partial charge is 0.340 e. The number of esters is 1. The van der Waals surface area contributed by atoms with Gasteiger partial charge in [0.15, 0.2) is 0 Å². The summed E-state index contributed by atoms with van der Waals surface area (Å²) in [6.45, 7) is 3.42. The van der Waals surface area contributed by atoms with Gasteiger partial charge in [-0.2, -0.15) is 11.3 Å². The zero-order chi connectivity index (χ0) is 17.9. The van der Waals surface area contributed by atoms with Crippen molar-refractivity contribution in [3.8, 4) is 0 Å². The second-order valence-corrected chi connectivity index (χ2v) is 7.07. The van der Waals surface area contributed by atoms with Crippen LogP contribution in [0, 0.1) is 13.8 Å². The molecule has 2 aromatic rings. The number of amides is 2. The lowest BCUT2D eigenvalue weighted by Crippen LogP contribution is -2.35. The molecule has 2 aromatic heterocycles. The first-order valence-corrected chi connectivity index (χ1v) is 8.96. The van der Waals surface area contributed by atoms with Crippen LogP contribution < -0.4 is 10.0 Å². The van der Waals surface area contributed by atoms with Crippen molar-refractivity contribution in [2.24, 2.45) is 0 Å². The van der Waals surface area contributed by atoms with Gasteiger partial charge in [0.25, 0.3) is 10.0 Å². The first kappa shape index (κ1) is 17.8. The van der Waals surface area contributed by atoms with Gasteiger partial charge in [0.05, 0.1) is 12.7 Å². The van der Waals surface area contributed by atoms with E-state index in [0.29, 0.717) is 11.4 Å². The maximum Gasteiger partial charge on any atom is 0.340 e. The van der Waals surface area contributed by atoms with Crippen LogP contribution in [0.2, 0.25) is 0 Å². The molecule has 11 heteroatoms. The predicted octanol–water partition coefficient (Wildman–Crippen LogP) is 1.45. The minimum Gasteiger partial charge on any atom is -0.465 e. The summed E-state index contributed by atoms with van der Waals surface area (Å²) >= 11 is 0.995. The third-order valence-electron chi connectivity index (χ3n) is 2.76. The molecule has 2 rings (SSSR count). The summed E-state index contributed by atoms with van der Waals surface area (Å²) in [5, 5.41) is 4.80. The van der Waals surface area contributed by atoms with E-state index in [1.165, 1.54) is 10.8 Å². The number of carbonyl (C=O) groups excluding carboxylic acids is 2. The van der Waals surface area contributed by atoms with E-state index in [1.54, 1.807) is 24.6 Å². The standard InChI is InChI=1S/C13H14N4O5S2/c1-7-4-8(2)15-12(14-7)16-13(19)17-24(20,21)10-6-23-5-9(10)11(18)22-3/h4-6H,1-3H3,(H2,14,15,16,17,19). The van der Waals surface area contributed by atoms with E-state index in [0.717, 1.165) is 18.4 Å². The van der Waals surface area contributed by atoms with Crippen molar-refractivity contribution >= 4 is 39.3 Å². The number of methoxy groups -OCH3 is 1. The van der Waals surface area contributed by atoms with Crippen molar-refractivity contribution in [1.82, 2.24) is 14.7 Å². The van der Waals surface area contributed by atoms with E-state index in [-0.39, 0.29) is 16.4 Å². The Hall–Kier alpha value is -2.53. The number of aryl methyl sites for hydroxylation is 2. The van der Waals surface area contributed by atoms with Gasteiger partial charge < -0.3 is 4.74 Å².